The molecule has 1 atom stereocenters. The highest BCUT2D eigenvalue weighted by molar-refractivity contribution is 7.80. The van der Waals surface area contributed by atoms with Crippen LogP contribution in [-0.4, -0.2) is 37.3 Å². The van der Waals surface area contributed by atoms with Crippen molar-refractivity contribution < 1.29 is 19.1 Å². The molecule has 3 aromatic carbocycles. The van der Waals surface area contributed by atoms with E-state index < -0.39 is 12.0 Å². The zero-order valence-corrected chi connectivity index (χ0v) is 20.2. The number of carbonyl (C=O) groups is 2. The maximum Gasteiger partial charge on any atom is 0.328 e. The minimum Gasteiger partial charge on any atom is -0.493 e. The largest absolute Gasteiger partial charge is 0.493 e. The molecule has 0 aromatic heterocycles. The Hall–Kier alpha value is -3.25. The molecule has 0 spiro atoms. The standard InChI is InChI=1S/C25H25NO4S.C2H6/c1-29-25(28)23(17-18-11-13-20(14-12-18)30-15-16-31)26-22-10-6-5-9-21(22)24(27)19-7-3-2-4-8-19;1-2/h2-14,23,26,31H,15-17H2,1H3;1-2H3. The van der Waals surface area contributed by atoms with Crippen molar-refractivity contribution >= 4 is 30.1 Å². The molecule has 0 saturated heterocycles. The van der Waals surface area contributed by atoms with Gasteiger partial charge in [-0.1, -0.05) is 68.4 Å². The Kier molecular flexibility index (Phi) is 11.0. The van der Waals surface area contributed by atoms with Gasteiger partial charge in [0.05, 0.1) is 13.7 Å². The SMILES string of the molecule is CC.COC(=O)C(Cc1ccc(OCCS)cc1)Nc1ccccc1C(=O)c1ccccc1. The molecule has 5 nitrogen and oxygen atoms in total. The summed E-state index contributed by atoms with van der Waals surface area (Å²) >= 11 is 4.13. The molecule has 3 rings (SSSR count). The first-order valence-electron chi connectivity index (χ1n) is 11.0. The molecule has 33 heavy (non-hydrogen) atoms. The lowest BCUT2D eigenvalue weighted by atomic mass is 10.00. The summed E-state index contributed by atoms with van der Waals surface area (Å²) in [5.41, 5.74) is 2.61. The van der Waals surface area contributed by atoms with E-state index in [9.17, 15) is 9.59 Å². The predicted octanol–water partition coefficient (Wildman–Crippen LogP) is 5.45. The van der Waals surface area contributed by atoms with E-state index in [0.717, 1.165) is 11.3 Å². The Morgan fingerprint density at radius 2 is 1.55 bits per heavy atom. The van der Waals surface area contributed by atoms with Gasteiger partial charge >= 0.3 is 5.97 Å². The summed E-state index contributed by atoms with van der Waals surface area (Å²) in [6.07, 6.45) is 0.396. The Bertz CT molecular complexity index is 1010. The van der Waals surface area contributed by atoms with Crippen LogP contribution in [0.25, 0.3) is 0 Å². The van der Waals surface area contributed by atoms with Gasteiger partial charge in [0.15, 0.2) is 5.78 Å². The van der Waals surface area contributed by atoms with Crippen molar-refractivity contribution in [2.24, 2.45) is 0 Å². The molecule has 0 radical (unpaired) electrons. The van der Waals surface area contributed by atoms with Gasteiger partial charge in [0.1, 0.15) is 11.8 Å². The van der Waals surface area contributed by atoms with Crippen molar-refractivity contribution in [3.8, 4) is 5.75 Å². The maximum atomic E-state index is 13.0. The van der Waals surface area contributed by atoms with E-state index in [1.165, 1.54) is 7.11 Å². The maximum absolute atomic E-state index is 13.0. The first-order chi connectivity index (χ1) is 16.1. The van der Waals surface area contributed by atoms with Crippen molar-refractivity contribution in [3.05, 3.63) is 95.6 Å². The topological polar surface area (TPSA) is 64.6 Å². The number of hydrogen-bond donors (Lipinski definition) is 2. The molecule has 0 aliphatic heterocycles. The van der Waals surface area contributed by atoms with Crippen molar-refractivity contribution in [3.63, 3.8) is 0 Å². The normalized spacial score (nSPS) is 10.9. The van der Waals surface area contributed by atoms with E-state index in [4.69, 9.17) is 9.47 Å². The molecule has 0 aliphatic rings. The van der Waals surface area contributed by atoms with Crippen LogP contribution < -0.4 is 10.1 Å². The third kappa shape index (κ3) is 7.68. The number of rotatable bonds is 10. The van der Waals surface area contributed by atoms with Gasteiger partial charge in [-0.3, -0.25) is 4.79 Å². The number of hydrogen-bond acceptors (Lipinski definition) is 6. The van der Waals surface area contributed by atoms with Crippen LogP contribution in [0.3, 0.4) is 0 Å². The van der Waals surface area contributed by atoms with Crippen LogP contribution in [0.15, 0.2) is 78.9 Å². The summed E-state index contributed by atoms with van der Waals surface area (Å²) < 4.78 is 10.5. The van der Waals surface area contributed by atoms with Gasteiger partial charge < -0.3 is 14.8 Å². The lowest BCUT2D eigenvalue weighted by Gasteiger charge is -2.20. The number of carbonyl (C=O) groups excluding carboxylic acids is 2. The summed E-state index contributed by atoms with van der Waals surface area (Å²) in [6, 6.07) is 23.1. The second kappa shape index (κ2) is 14.0. The van der Waals surface area contributed by atoms with E-state index in [2.05, 4.69) is 17.9 Å². The molecular formula is C27H31NO4S. The second-order valence-corrected chi connectivity index (χ2v) is 7.33. The van der Waals surface area contributed by atoms with Gasteiger partial charge in [-0.25, -0.2) is 4.79 Å². The minimum atomic E-state index is -0.654. The molecule has 0 amide bonds. The fraction of sp³-hybridized carbons (Fsp3) is 0.259. The summed E-state index contributed by atoms with van der Waals surface area (Å²) in [7, 11) is 1.35. The fourth-order valence-electron chi connectivity index (χ4n) is 3.20. The van der Waals surface area contributed by atoms with Crippen LogP contribution in [0.5, 0.6) is 5.75 Å². The Labute approximate surface area is 201 Å². The highest BCUT2D eigenvalue weighted by Crippen LogP contribution is 2.22. The van der Waals surface area contributed by atoms with E-state index >= 15 is 0 Å². The molecule has 1 unspecified atom stereocenters. The number of benzene rings is 3. The summed E-state index contributed by atoms with van der Waals surface area (Å²) in [5, 5.41) is 3.21. The highest BCUT2D eigenvalue weighted by atomic mass is 32.1. The van der Waals surface area contributed by atoms with Gasteiger partial charge in [-0.15, -0.1) is 0 Å². The quantitative estimate of drug-likeness (QED) is 0.237. The molecule has 0 saturated carbocycles. The average molecular weight is 466 g/mol. The number of methoxy groups -OCH3 is 1. The Morgan fingerprint density at radius 1 is 0.909 bits per heavy atom. The van der Waals surface area contributed by atoms with Gasteiger partial charge in [0.2, 0.25) is 0 Å². The van der Waals surface area contributed by atoms with Gasteiger partial charge in [-0.2, -0.15) is 12.6 Å². The van der Waals surface area contributed by atoms with E-state index in [1.807, 2.05) is 62.4 Å². The molecule has 1 N–H and O–H groups in total. The Morgan fingerprint density at radius 3 is 2.18 bits per heavy atom. The average Bonchev–Trinajstić information content (AvgIpc) is 2.89. The van der Waals surface area contributed by atoms with Gasteiger partial charge in [0.25, 0.3) is 0 Å². The first kappa shape index (κ1) is 26.0. The van der Waals surface area contributed by atoms with E-state index in [0.29, 0.717) is 35.6 Å². The number of ketones is 1. The van der Waals surface area contributed by atoms with Crippen LogP contribution >= 0.6 is 12.6 Å². The monoisotopic (exact) mass is 465 g/mol. The van der Waals surface area contributed by atoms with Crippen LogP contribution in [-0.2, 0) is 16.0 Å². The van der Waals surface area contributed by atoms with Crippen molar-refractivity contribution in [1.29, 1.82) is 0 Å². The molecule has 6 heteroatoms. The smallest absolute Gasteiger partial charge is 0.328 e. The number of ether oxygens (including phenoxy) is 2. The van der Waals surface area contributed by atoms with Gasteiger partial charge in [-0.05, 0) is 29.8 Å². The summed E-state index contributed by atoms with van der Waals surface area (Å²) in [4.78, 5) is 25.5. The summed E-state index contributed by atoms with van der Waals surface area (Å²) in [6.45, 7) is 4.53. The summed E-state index contributed by atoms with van der Waals surface area (Å²) in [5.74, 6) is 0.867. The lowest BCUT2D eigenvalue weighted by molar-refractivity contribution is -0.141. The second-order valence-electron chi connectivity index (χ2n) is 6.88. The number of esters is 1. The third-order valence-electron chi connectivity index (χ3n) is 4.75. The number of para-hydroxylation sites is 1. The molecule has 0 aliphatic carbocycles. The van der Waals surface area contributed by atoms with Crippen LogP contribution in [0.1, 0.15) is 35.3 Å². The van der Waals surface area contributed by atoms with Gasteiger partial charge in [0, 0.05) is 29.0 Å². The fourth-order valence-corrected chi connectivity index (χ4v) is 3.29. The molecule has 0 heterocycles. The zero-order valence-electron chi connectivity index (χ0n) is 19.3. The van der Waals surface area contributed by atoms with Crippen LogP contribution in [0, 0.1) is 0 Å². The predicted molar refractivity (Wildman–Crippen MR) is 137 cm³/mol. The lowest BCUT2D eigenvalue weighted by Crippen LogP contribution is -2.33. The van der Waals surface area contributed by atoms with Crippen molar-refractivity contribution in [1.82, 2.24) is 0 Å². The first-order valence-corrected chi connectivity index (χ1v) is 11.6. The number of thiol groups is 1. The molecular weight excluding hydrogens is 434 g/mol. The zero-order chi connectivity index (χ0) is 24.1. The number of nitrogens with one attached hydrogen (secondary N) is 1. The molecule has 0 fully saturated rings. The van der Waals surface area contributed by atoms with Crippen molar-refractivity contribution in [2.75, 3.05) is 24.8 Å². The minimum absolute atomic E-state index is 0.113. The van der Waals surface area contributed by atoms with Crippen molar-refractivity contribution in [2.45, 2.75) is 26.3 Å². The highest BCUT2D eigenvalue weighted by Gasteiger charge is 2.22. The third-order valence-corrected chi connectivity index (χ3v) is 4.93. The molecule has 0 bridgehead atoms. The molecule has 174 valence electrons. The van der Waals surface area contributed by atoms with E-state index in [1.54, 1.807) is 30.3 Å². The Balaban J connectivity index is 0.00000187. The van der Waals surface area contributed by atoms with Crippen LogP contribution in [0.4, 0.5) is 5.69 Å². The number of anilines is 1. The van der Waals surface area contributed by atoms with E-state index in [-0.39, 0.29) is 5.78 Å². The van der Waals surface area contributed by atoms with Crippen LogP contribution in [0.2, 0.25) is 0 Å². The molecule has 3 aromatic rings.